The summed E-state index contributed by atoms with van der Waals surface area (Å²) < 4.78 is 11.3. The van der Waals surface area contributed by atoms with Gasteiger partial charge < -0.3 is 48.4 Å². The average Bonchev–Trinajstić information content (AvgIpc) is 4.02. The van der Waals surface area contributed by atoms with Crippen molar-refractivity contribution in [1.29, 1.82) is 0 Å². The number of aromatic nitrogens is 6. The Bertz CT molecular complexity index is 2670. The van der Waals surface area contributed by atoms with Gasteiger partial charge in [-0.25, -0.2) is 9.97 Å². The van der Waals surface area contributed by atoms with Gasteiger partial charge in [-0.15, -0.1) is 0 Å². The largest absolute Gasteiger partial charge is 4.00 e. The van der Waals surface area contributed by atoms with Crippen LogP contribution in [0.15, 0.2) is 216 Å². The predicted octanol–water partition coefficient (Wildman–Crippen LogP) is 4.77. The molecule has 0 atom stereocenters. The minimum atomic E-state index is -1.24. The van der Waals surface area contributed by atoms with E-state index in [1.54, 1.807) is 48.5 Å². The second-order valence-electron chi connectivity index (χ2n) is 12.7. The summed E-state index contributed by atoms with van der Waals surface area (Å²) >= 11 is 0. The molecule has 67 heavy (non-hydrogen) atoms. The normalized spacial score (nSPS) is 9.55. The number of carboxylic acid groups (broad SMARTS) is 4. The maximum Gasteiger partial charge on any atom is 4.00 e. The Morgan fingerprint density at radius 3 is 0.806 bits per heavy atom. The summed E-state index contributed by atoms with van der Waals surface area (Å²) in [6.07, 6.45) is 5.63. The molecule has 333 valence electrons. The third-order valence-electron chi connectivity index (χ3n) is 8.13. The van der Waals surface area contributed by atoms with E-state index in [9.17, 15) is 39.6 Å². The van der Waals surface area contributed by atoms with Crippen molar-refractivity contribution < 1.29 is 68.5 Å². The number of nitrogens with zero attached hydrogens (tertiary/aromatic N) is 6. The van der Waals surface area contributed by atoms with Crippen molar-refractivity contribution in [3.8, 4) is 22.9 Å². The zero-order valence-corrected chi connectivity index (χ0v) is 37.1. The van der Waals surface area contributed by atoms with Crippen LogP contribution < -0.4 is 20.4 Å². The van der Waals surface area contributed by atoms with Crippen LogP contribution in [-0.2, 0) is 20.1 Å². The molecular formula is C50H34IrN6O10. The molecule has 6 heterocycles. The van der Waals surface area contributed by atoms with Gasteiger partial charge in [0.15, 0.2) is 11.2 Å². The van der Waals surface area contributed by atoms with Crippen LogP contribution in [0.5, 0.6) is 0 Å². The van der Waals surface area contributed by atoms with E-state index in [0.717, 1.165) is 33.3 Å². The van der Waals surface area contributed by atoms with Crippen molar-refractivity contribution in [2.45, 2.75) is 0 Å². The van der Waals surface area contributed by atoms with Gasteiger partial charge in [0, 0.05) is 35.9 Å². The van der Waals surface area contributed by atoms with Crippen LogP contribution in [0.2, 0.25) is 0 Å². The Labute approximate surface area is 395 Å². The summed E-state index contributed by atoms with van der Waals surface area (Å²) in [5.74, 6) is -3.61. The van der Waals surface area contributed by atoms with Crippen molar-refractivity contribution in [2.75, 3.05) is 0 Å². The quantitative estimate of drug-likeness (QED) is 0.217. The van der Waals surface area contributed by atoms with Crippen molar-refractivity contribution in [3.63, 3.8) is 0 Å². The van der Waals surface area contributed by atoms with Crippen LogP contribution in [0.3, 0.4) is 0 Å². The molecule has 17 heteroatoms. The van der Waals surface area contributed by atoms with Crippen LogP contribution in [-0.4, -0.2) is 53.8 Å². The summed E-state index contributed by atoms with van der Waals surface area (Å²) in [6, 6.07) is 53.9. The first-order valence-corrected chi connectivity index (χ1v) is 19.4. The number of carbonyl (C=O) groups excluding carboxylic acids is 4. The number of aromatic carboxylic acids is 4. The first kappa shape index (κ1) is 50.6. The number of para-hydroxylation sites is 4. The topological polar surface area (TPSA) is 264 Å². The maximum absolute atomic E-state index is 10.0. The molecule has 0 aliphatic rings. The molecule has 0 fully saturated rings. The molecule has 10 aromatic rings. The number of rotatable bonds is 6. The van der Waals surface area contributed by atoms with Crippen LogP contribution in [0.25, 0.3) is 45.1 Å². The van der Waals surface area contributed by atoms with Crippen molar-refractivity contribution >= 4 is 46.1 Å². The van der Waals surface area contributed by atoms with Crippen LogP contribution >= 0.6 is 0 Å². The van der Waals surface area contributed by atoms with Gasteiger partial charge in [-0.1, -0.05) is 84.9 Å². The number of carboxylic acids is 4. The van der Waals surface area contributed by atoms with Gasteiger partial charge in [0.05, 0.1) is 46.7 Å². The first-order chi connectivity index (χ1) is 32.1. The smallest absolute Gasteiger partial charge is 0.543 e. The van der Waals surface area contributed by atoms with Gasteiger partial charge in [0.25, 0.3) is 0 Å². The molecule has 0 unspecified atom stereocenters. The fourth-order valence-corrected chi connectivity index (χ4v) is 5.09. The van der Waals surface area contributed by atoms with E-state index in [2.05, 4.69) is 29.9 Å². The maximum atomic E-state index is 10.0. The van der Waals surface area contributed by atoms with E-state index in [-0.39, 0.29) is 42.9 Å². The summed E-state index contributed by atoms with van der Waals surface area (Å²) in [6.45, 7) is 0. The van der Waals surface area contributed by atoms with Crippen molar-refractivity contribution in [2.24, 2.45) is 0 Å². The number of benzene rings is 4. The Morgan fingerprint density at radius 2 is 0.582 bits per heavy atom. The average molecular weight is 1070 g/mol. The molecule has 0 N–H and O–H groups in total. The number of fused-ring (bicyclic) bond motifs is 2. The molecule has 4 aromatic carbocycles. The Morgan fingerprint density at radius 1 is 0.328 bits per heavy atom. The summed E-state index contributed by atoms with van der Waals surface area (Å²) in [4.78, 5) is 63.0. The zero-order valence-electron chi connectivity index (χ0n) is 34.7. The number of pyridine rings is 4. The van der Waals surface area contributed by atoms with Gasteiger partial charge in [-0.05, 0) is 97.1 Å². The second-order valence-corrected chi connectivity index (χ2v) is 12.7. The fraction of sp³-hybridized carbons (Fsp3) is 0. The molecule has 0 spiro atoms. The molecule has 0 aliphatic carbocycles. The zero-order chi connectivity index (χ0) is 46.9. The molecule has 0 bridgehead atoms. The van der Waals surface area contributed by atoms with Gasteiger partial charge in [0.2, 0.25) is 11.8 Å². The van der Waals surface area contributed by atoms with E-state index in [1.165, 1.54) is 49.1 Å². The molecule has 0 saturated heterocycles. The van der Waals surface area contributed by atoms with Gasteiger partial charge in [-0.3, -0.25) is 19.9 Å². The third kappa shape index (κ3) is 16.9. The van der Waals surface area contributed by atoms with Crippen molar-refractivity contribution in [1.82, 2.24) is 29.9 Å². The molecule has 16 nitrogen and oxygen atoms in total. The Balaban J connectivity index is 0.000000178. The molecular weight excluding hydrogens is 1040 g/mol. The molecule has 0 aliphatic heterocycles. The molecule has 1 radical (unpaired) electrons. The molecule has 10 rings (SSSR count). The van der Waals surface area contributed by atoms with Crippen LogP contribution in [0.4, 0.5) is 0 Å². The second kappa shape index (κ2) is 27.2. The summed E-state index contributed by atoms with van der Waals surface area (Å²) in [5.41, 5.74) is 5.35. The minimum Gasteiger partial charge on any atom is -0.543 e. The third-order valence-corrected chi connectivity index (χ3v) is 8.13. The Kier molecular flexibility index (Phi) is 20.5. The van der Waals surface area contributed by atoms with E-state index < -0.39 is 23.9 Å². The summed E-state index contributed by atoms with van der Waals surface area (Å²) in [7, 11) is 0. The molecule has 0 saturated carbocycles. The van der Waals surface area contributed by atoms with Crippen LogP contribution in [0.1, 0.15) is 42.0 Å². The number of oxazole rings is 2. The van der Waals surface area contributed by atoms with Gasteiger partial charge >= 0.3 is 20.1 Å². The number of carbonyl (C=O) groups is 4. The Hall–Kier alpha value is -9.05. The number of hydrogen-bond acceptors (Lipinski definition) is 16. The van der Waals surface area contributed by atoms with Crippen molar-refractivity contribution in [3.05, 3.63) is 230 Å². The SMILES string of the molecule is O=C([O-])c1ccccn1.O=C([O-])c1ccccn1.O=C([O-])c1ccccn1.O=C([O-])c1ccccn1.[Ir+4].c1ccc(-c2nc3ccccc3o2)cc1.c1ccc(-c2nc3ccccc3o2)cc1. The predicted molar refractivity (Wildman–Crippen MR) is 233 cm³/mol. The fourth-order valence-electron chi connectivity index (χ4n) is 5.09. The van der Waals surface area contributed by atoms with E-state index in [0.29, 0.717) is 11.8 Å². The summed E-state index contributed by atoms with van der Waals surface area (Å²) in [5, 5.41) is 40.1. The standard InChI is InChI=1S/2C13H9NO.4C6H5NO2.Ir/c2*1-2-6-10(7-3-1)13-14-11-8-4-5-9-12(11)15-13;4*8-6(9)5-3-1-2-4-7-5;/h2*1-9H;4*1-4H,(H,8,9);/q;;;;;;+4/p-4. The minimum absolute atomic E-state index is 0. The van der Waals surface area contributed by atoms with E-state index >= 15 is 0 Å². The van der Waals surface area contributed by atoms with Gasteiger partial charge in [-0.2, -0.15) is 0 Å². The van der Waals surface area contributed by atoms with Crippen LogP contribution in [0, 0.1) is 0 Å². The number of hydrogen-bond donors (Lipinski definition) is 0. The van der Waals surface area contributed by atoms with Gasteiger partial charge in [0.1, 0.15) is 11.0 Å². The molecule has 6 aromatic heterocycles. The monoisotopic (exact) mass is 1070 g/mol. The van der Waals surface area contributed by atoms with E-state index in [4.69, 9.17) is 8.83 Å². The van der Waals surface area contributed by atoms with E-state index in [1.807, 2.05) is 109 Å². The first-order valence-electron chi connectivity index (χ1n) is 19.4. The molecule has 0 amide bonds.